The lowest BCUT2D eigenvalue weighted by atomic mass is 10.3. The molecule has 2 unspecified atom stereocenters. The largest absolute Gasteiger partial charge is 0.481 e. The smallest absolute Gasteiger partial charge is 0.261 e. The molecule has 2 aromatic rings. The summed E-state index contributed by atoms with van der Waals surface area (Å²) in [5.74, 6) is 0.669. The van der Waals surface area contributed by atoms with Crippen molar-refractivity contribution in [3.8, 4) is 5.75 Å². The highest BCUT2D eigenvalue weighted by Gasteiger charge is 2.19. The number of hydrogen-bond acceptors (Lipinski definition) is 5. The summed E-state index contributed by atoms with van der Waals surface area (Å²) in [7, 11) is 0. The second-order valence-electron chi connectivity index (χ2n) is 4.22. The van der Waals surface area contributed by atoms with E-state index in [1.54, 1.807) is 38.1 Å². The van der Waals surface area contributed by atoms with Crippen molar-refractivity contribution in [2.45, 2.75) is 26.0 Å². The van der Waals surface area contributed by atoms with E-state index in [0.29, 0.717) is 16.6 Å². The van der Waals surface area contributed by atoms with E-state index >= 15 is 0 Å². The molecule has 106 valence electrons. The number of halogens is 1. The van der Waals surface area contributed by atoms with Gasteiger partial charge in [-0.1, -0.05) is 22.9 Å². The Morgan fingerprint density at radius 2 is 2.25 bits per heavy atom. The summed E-state index contributed by atoms with van der Waals surface area (Å²) in [5.41, 5.74) is 0. The van der Waals surface area contributed by atoms with Gasteiger partial charge in [-0.25, -0.2) is 0 Å². The zero-order chi connectivity index (χ0) is 14.5. The van der Waals surface area contributed by atoms with Gasteiger partial charge in [-0.15, -0.1) is 10.2 Å². The van der Waals surface area contributed by atoms with E-state index in [2.05, 4.69) is 25.9 Å². The van der Waals surface area contributed by atoms with Gasteiger partial charge < -0.3 is 10.1 Å². The molecule has 0 aliphatic carbocycles. The number of nitrogens with one attached hydrogen (secondary N) is 2. The van der Waals surface area contributed by atoms with E-state index in [9.17, 15) is 4.79 Å². The van der Waals surface area contributed by atoms with E-state index in [0.717, 1.165) is 0 Å². The number of hydrogen-bond donors (Lipinski definition) is 2. The zero-order valence-electron chi connectivity index (χ0n) is 11.0. The van der Waals surface area contributed by atoms with Crippen LogP contribution < -0.4 is 10.1 Å². The van der Waals surface area contributed by atoms with Gasteiger partial charge in [0.2, 0.25) is 0 Å². The predicted octanol–water partition coefficient (Wildman–Crippen LogP) is 1.50. The average Bonchev–Trinajstić information content (AvgIpc) is 2.92. The van der Waals surface area contributed by atoms with Crippen molar-refractivity contribution < 1.29 is 9.53 Å². The standard InChI is InChI=1S/C12H14ClN5O2/c1-7(11-15-17-18-16-11)14-12(19)8(2)20-10-5-3-4-9(13)6-10/h3-8H,1-2H3,(H,14,19)(H,15,16,17,18). The summed E-state index contributed by atoms with van der Waals surface area (Å²) in [6.07, 6.45) is -0.664. The van der Waals surface area contributed by atoms with E-state index < -0.39 is 6.10 Å². The van der Waals surface area contributed by atoms with Crippen molar-refractivity contribution in [1.29, 1.82) is 0 Å². The highest BCUT2D eigenvalue weighted by Crippen LogP contribution is 2.18. The molecule has 0 bridgehead atoms. The first-order chi connectivity index (χ1) is 9.56. The SMILES string of the molecule is CC(Oc1cccc(Cl)c1)C(=O)NC(C)c1nn[nH]n1. The molecule has 20 heavy (non-hydrogen) atoms. The van der Waals surface area contributed by atoms with Crippen molar-refractivity contribution >= 4 is 17.5 Å². The molecule has 0 radical (unpaired) electrons. The van der Waals surface area contributed by atoms with Crippen molar-refractivity contribution in [2.75, 3.05) is 0 Å². The van der Waals surface area contributed by atoms with Crippen LogP contribution >= 0.6 is 11.6 Å². The third-order valence-corrected chi connectivity index (χ3v) is 2.82. The Morgan fingerprint density at radius 1 is 1.45 bits per heavy atom. The van der Waals surface area contributed by atoms with Gasteiger partial charge >= 0.3 is 0 Å². The highest BCUT2D eigenvalue weighted by molar-refractivity contribution is 6.30. The quantitative estimate of drug-likeness (QED) is 0.872. The van der Waals surface area contributed by atoms with Crippen LogP contribution in [0, 0.1) is 0 Å². The molecule has 0 aliphatic heterocycles. The molecule has 1 aromatic carbocycles. The van der Waals surface area contributed by atoms with Gasteiger partial charge in [-0.05, 0) is 32.0 Å². The van der Waals surface area contributed by atoms with Crippen LogP contribution in [0.4, 0.5) is 0 Å². The average molecular weight is 296 g/mol. The Kier molecular flexibility index (Phi) is 4.52. The molecule has 1 heterocycles. The normalized spacial score (nSPS) is 13.6. The Balaban J connectivity index is 1.92. The van der Waals surface area contributed by atoms with Crippen LogP contribution in [-0.4, -0.2) is 32.6 Å². The van der Waals surface area contributed by atoms with Crippen molar-refractivity contribution in [2.24, 2.45) is 0 Å². The molecule has 7 nitrogen and oxygen atoms in total. The fraction of sp³-hybridized carbons (Fsp3) is 0.333. The Morgan fingerprint density at radius 3 is 2.90 bits per heavy atom. The number of ether oxygens (including phenoxy) is 1. The first-order valence-corrected chi connectivity index (χ1v) is 6.40. The van der Waals surface area contributed by atoms with Crippen LogP contribution in [0.5, 0.6) is 5.75 Å². The third kappa shape index (κ3) is 3.67. The molecule has 1 aromatic heterocycles. The lowest BCUT2D eigenvalue weighted by Gasteiger charge is -2.17. The summed E-state index contributed by atoms with van der Waals surface area (Å²) < 4.78 is 5.51. The van der Waals surface area contributed by atoms with Gasteiger partial charge in [0.25, 0.3) is 5.91 Å². The van der Waals surface area contributed by atoms with E-state index in [1.165, 1.54) is 0 Å². The van der Waals surface area contributed by atoms with Gasteiger partial charge in [0.05, 0.1) is 6.04 Å². The summed E-state index contributed by atoms with van der Waals surface area (Å²) in [6, 6.07) is 6.51. The van der Waals surface area contributed by atoms with Crippen LogP contribution in [0.1, 0.15) is 25.7 Å². The van der Waals surface area contributed by atoms with Crippen LogP contribution in [-0.2, 0) is 4.79 Å². The summed E-state index contributed by atoms with van der Waals surface area (Å²) >= 11 is 5.85. The maximum absolute atomic E-state index is 12.0. The number of aromatic nitrogens is 4. The van der Waals surface area contributed by atoms with E-state index in [-0.39, 0.29) is 11.9 Å². The number of rotatable bonds is 5. The fourth-order valence-electron chi connectivity index (χ4n) is 1.55. The van der Waals surface area contributed by atoms with Gasteiger partial charge in [0.15, 0.2) is 11.9 Å². The Bertz CT molecular complexity index is 575. The fourth-order valence-corrected chi connectivity index (χ4v) is 1.73. The van der Waals surface area contributed by atoms with Crippen LogP contribution in [0.3, 0.4) is 0 Å². The number of benzene rings is 1. The maximum atomic E-state index is 12.0. The predicted molar refractivity (Wildman–Crippen MR) is 72.3 cm³/mol. The van der Waals surface area contributed by atoms with Crippen LogP contribution in [0.15, 0.2) is 24.3 Å². The minimum Gasteiger partial charge on any atom is -0.481 e. The molecular weight excluding hydrogens is 282 g/mol. The van der Waals surface area contributed by atoms with Crippen LogP contribution in [0.25, 0.3) is 0 Å². The van der Waals surface area contributed by atoms with Crippen molar-refractivity contribution in [1.82, 2.24) is 25.9 Å². The number of amides is 1. The summed E-state index contributed by atoms with van der Waals surface area (Å²) in [4.78, 5) is 12.0. The lowest BCUT2D eigenvalue weighted by Crippen LogP contribution is -2.38. The lowest BCUT2D eigenvalue weighted by molar-refractivity contribution is -0.128. The molecule has 0 saturated heterocycles. The van der Waals surface area contributed by atoms with E-state index in [1.807, 2.05) is 0 Å². The molecule has 2 atom stereocenters. The minimum atomic E-state index is -0.664. The maximum Gasteiger partial charge on any atom is 0.261 e. The monoisotopic (exact) mass is 295 g/mol. The second-order valence-corrected chi connectivity index (χ2v) is 4.65. The molecule has 2 rings (SSSR count). The molecule has 0 spiro atoms. The number of carbonyl (C=O) groups excluding carboxylic acids is 1. The first-order valence-electron chi connectivity index (χ1n) is 6.02. The summed E-state index contributed by atoms with van der Waals surface area (Å²) in [5, 5.41) is 16.7. The zero-order valence-corrected chi connectivity index (χ0v) is 11.8. The van der Waals surface area contributed by atoms with Crippen molar-refractivity contribution in [3.63, 3.8) is 0 Å². The third-order valence-electron chi connectivity index (χ3n) is 2.59. The molecule has 2 N–H and O–H groups in total. The number of carbonyl (C=O) groups is 1. The van der Waals surface area contributed by atoms with Gasteiger partial charge in [-0.3, -0.25) is 4.79 Å². The first kappa shape index (κ1) is 14.3. The molecule has 0 aliphatic rings. The molecule has 1 amide bonds. The van der Waals surface area contributed by atoms with Gasteiger partial charge in [0.1, 0.15) is 5.75 Å². The number of H-pyrrole nitrogens is 1. The number of aromatic amines is 1. The van der Waals surface area contributed by atoms with Crippen molar-refractivity contribution in [3.05, 3.63) is 35.1 Å². The molecule has 0 saturated carbocycles. The highest BCUT2D eigenvalue weighted by atomic mass is 35.5. The Hall–Kier alpha value is -2.15. The summed E-state index contributed by atoms with van der Waals surface area (Å²) in [6.45, 7) is 3.41. The topological polar surface area (TPSA) is 92.8 Å². The number of nitrogens with zero attached hydrogens (tertiary/aromatic N) is 3. The van der Waals surface area contributed by atoms with E-state index in [4.69, 9.17) is 16.3 Å². The number of tetrazole rings is 1. The molecule has 0 fully saturated rings. The second kappa shape index (κ2) is 6.33. The minimum absolute atomic E-state index is 0.276. The van der Waals surface area contributed by atoms with Crippen LogP contribution in [0.2, 0.25) is 5.02 Å². The van der Waals surface area contributed by atoms with Gasteiger partial charge in [0, 0.05) is 5.02 Å². The Labute approximate surface area is 120 Å². The molecular formula is C12H14ClN5O2. The molecule has 8 heteroatoms. The van der Waals surface area contributed by atoms with Gasteiger partial charge in [-0.2, -0.15) is 5.21 Å².